The van der Waals surface area contributed by atoms with Crippen molar-refractivity contribution in [2.75, 3.05) is 13.2 Å². The standard InChI is InChI=1S/C17H21NO2/c1-2-10-18-16(15-8-5-11-19-15)17-14-7-4-3-6-13(14)9-12-20-17/h3-8,11,16-18H,2,9-10,12H2,1H3. The molecular formula is C17H21NO2. The molecule has 0 radical (unpaired) electrons. The summed E-state index contributed by atoms with van der Waals surface area (Å²) in [5.41, 5.74) is 2.67. The molecule has 106 valence electrons. The van der Waals surface area contributed by atoms with E-state index in [0.29, 0.717) is 0 Å². The summed E-state index contributed by atoms with van der Waals surface area (Å²) < 4.78 is 11.7. The van der Waals surface area contributed by atoms with Gasteiger partial charge in [-0.3, -0.25) is 0 Å². The lowest BCUT2D eigenvalue weighted by Gasteiger charge is -2.32. The van der Waals surface area contributed by atoms with Gasteiger partial charge in [-0.15, -0.1) is 0 Å². The molecule has 1 aromatic carbocycles. The van der Waals surface area contributed by atoms with Crippen LogP contribution in [0.1, 0.15) is 42.4 Å². The molecule has 0 spiro atoms. The van der Waals surface area contributed by atoms with Gasteiger partial charge < -0.3 is 14.5 Å². The van der Waals surface area contributed by atoms with Gasteiger partial charge in [0, 0.05) is 0 Å². The Bertz CT molecular complexity index is 536. The molecule has 1 aliphatic rings. The van der Waals surface area contributed by atoms with E-state index in [-0.39, 0.29) is 12.1 Å². The second-order valence-corrected chi connectivity index (χ2v) is 5.19. The molecule has 0 fully saturated rings. The van der Waals surface area contributed by atoms with Crippen molar-refractivity contribution in [2.45, 2.75) is 31.9 Å². The van der Waals surface area contributed by atoms with E-state index in [1.807, 2.05) is 12.1 Å². The van der Waals surface area contributed by atoms with Crippen molar-refractivity contribution in [2.24, 2.45) is 0 Å². The molecule has 2 aromatic rings. The van der Waals surface area contributed by atoms with E-state index in [1.54, 1.807) is 6.26 Å². The zero-order valence-electron chi connectivity index (χ0n) is 11.8. The quantitative estimate of drug-likeness (QED) is 0.901. The van der Waals surface area contributed by atoms with E-state index in [2.05, 4.69) is 36.5 Å². The molecule has 0 amide bonds. The number of hydrogen-bond donors (Lipinski definition) is 1. The lowest BCUT2D eigenvalue weighted by Crippen LogP contribution is -2.32. The first-order valence-electron chi connectivity index (χ1n) is 7.36. The smallest absolute Gasteiger partial charge is 0.123 e. The zero-order chi connectivity index (χ0) is 13.8. The minimum Gasteiger partial charge on any atom is -0.468 e. The Morgan fingerprint density at radius 1 is 1.25 bits per heavy atom. The first-order valence-corrected chi connectivity index (χ1v) is 7.36. The van der Waals surface area contributed by atoms with Crippen LogP contribution in [0.15, 0.2) is 47.1 Å². The van der Waals surface area contributed by atoms with Crippen molar-refractivity contribution in [3.05, 3.63) is 59.5 Å². The predicted octanol–water partition coefficient (Wildman–Crippen LogP) is 3.63. The summed E-state index contributed by atoms with van der Waals surface area (Å²) in [6, 6.07) is 12.6. The van der Waals surface area contributed by atoms with Crippen LogP contribution in [0.4, 0.5) is 0 Å². The van der Waals surface area contributed by atoms with Gasteiger partial charge in [0.25, 0.3) is 0 Å². The Morgan fingerprint density at radius 2 is 2.15 bits per heavy atom. The Balaban J connectivity index is 1.92. The molecule has 3 nitrogen and oxygen atoms in total. The van der Waals surface area contributed by atoms with Gasteiger partial charge in [0.2, 0.25) is 0 Å². The minimum absolute atomic E-state index is 0.0256. The van der Waals surface area contributed by atoms with Crippen molar-refractivity contribution in [3.63, 3.8) is 0 Å². The Kier molecular flexibility index (Phi) is 4.19. The summed E-state index contributed by atoms with van der Waals surface area (Å²) in [6.45, 7) is 3.89. The molecule has 0 bridgehead atoms. The predicted molar refractivity (Wildman–Crippen MR) is 78.6 cm³/mol. The van der Waals surface area contributed by atoms with E-state index in [0.717, 1.165) is 31.8 Å². The topological polar surface area (TPSA) is 34.4 Å². The summed E-state index contributed by atoms with van der Waals surface area (Å²) in [7, 11) is 0. The van der Waals surface area contributed by atoms with E-state index in [4.69, 9.17) is 9.15 Å². The molecule has 2 atom stereocenters. The van der Waals surface area contributed by atoms with Gasteiger partial charge in [-0.2, -0.15) is 0 Å². The molecule has 2 heterocycles. The van der Waals surface area contributed by atoms with E-state index < -0.39 is 0 Å². The summed E-state index contributed by atoms with van der Waals surface area (Å²) in [5, 5.41) is 3.56. The molecule has 0 saturated heterocycles. The van der Waals surface area contributed by atoms with Crippen LogP contribution in [0, 0.1) is 0 Å². The normalized spacial score (nSPS) is 19.6. The molecule has 0 saturated carbocycles. The number of furan rings is 1. The average Bonchev–Trinajstić information content (AvgIpc) is 3.02. The summed E-state index contributed by atoms with van der Waals surface area (Å²) in [5.74, 6) is 0.945. The maximum absolute atomic E-state index is 6.06. The van der Waals surface area contributed by atoms with Crippen LogP contribution in [0.5, 0.6) is 0 Å². The minimum atomic E-state index is 0.0256. The van der Waals surface area contributed by atoms with Crippen LogP contribution in [-0.4, -0.2) is 13.2 Å². The molecule has 20 heavy (non-hydrogen) atoms. The summed E-state index contributed by atoms with van der Waals surface area (Å²) in [6.07, 6.45) is 3.83. The Hall–Kier alpha value is -1.58. The van der Waals surface area contributed by atoms with E-state index in [9.17, 15) is 0 Å². The molecule has 1 aliphatic heterocycles. The van der Waals surface area contributed by atoms with Crippen LogP contribution < -0.4 is 5.32 Å². The third kappa shape index (κ3) is 2.65. The maximum Gasteiger partial charge on any atom is 0.123 e. The van der Waals surface area contributed by atoms with E-state index in [1.165, 1.54) is 11.1 Å². The maximum atomic E-state index is 6.06. The lowest BCUT2D eigenvalue weighted by molar-refractivity contribution is 0.00960. The second kappa shape index (κ2) is 6.25. The number of fused-ring (bicyclic) bond motifs is 1. The summed E-state index contributed by atoms with van der Waals surface area (Å²) in [4.78, 5) is 0. The first kappa shape index (κ1) is 13.4. The van der Waals surface area contributed by atoms with Gasteiger partial charge in [0.15, 0.2) is 0 Å². The fourth-order valence-corrected chi connectivity index (χ4v) is 2.83. The Labute approximate surface area is 119 Å². The third-order valence-electron chi connectivity index (χ3n) is 3.80. The molecule has 3 rings (SSSR count). The SMILES string of the molecule is CCCNC(c1ccco1)C1OCCc2ccccc21. The number of rotatable bonds is 5. The van der Waals surface area contributed by atoms with Gasteiger partial charge in [0.1, 0.15) is 11.9 Å². The highest BCUT2D eigenvalue weighted by Crippen LogP contribution is 2.37. The highest BCUT2D eigenvalue weighted by Gasteiger charge is 2.31. The summed E-state index contributed by atoms with van der Waals surface area (Å²) >= 11 is 0. The zero-order valence-corrected chi connectivity index (χ0v) is 11.8. The number of benzene rings is 1. The first-order chi connectivity index (χ1) is 9.90. The molecule has 1 aromatic heterocycles. The number of nitrogens with one attached hydrogen (secondary N) is 1. The van der Waals surface area contributed by atoms with Gasteiger partial charge in [0.05, 0.1) is 18.9 Å². The van der Waals surface area contributed by atoms with Crippen molar-refractivity contribution >= 4 is 0 Å². The van der Waals surface area contributed by atoms with Crippen LogP contribution in [0.3, 0.4) is 0 Å². The lowest BCUT2D eigenvalue weighted by atomic mass is 9.92. The van der Waals surface area contributed by atoms with Gasteiger partial charge >= 0.3 is 0 Å². The molecule has 1 N–H and O–H groups in total. The van der Waals surface area contributed by atoms with Crippen molar-refractivity contribution in [1.29, 1.82) is 0 Å². The molecule has 0 aliphatic carbocycles. The van der Waals surface area contributed by atoms with Crippen LogP contribution in [0.25, 0.3) is 0 Å². The number of hydrogen-bond acceptors (Lipinski definition) is 3. The monoisotopic (exact) mass is 271 g/mol. The Morgan fingerprint density at radius 3 is 2.95 bits per heavy atom. The number of ether oxygens (including phenoxy) is 1. The molecular weight excluding hydrogens is 250 g/mol. The largest absolute Gasteiger partial charge is 0.468 e. The van der Waals surface area contributed by atoms with Crippen molar-refractivity contribution in [1.82, 2.24) is 5.32 Å². The van der Waals surface area contributed by atoms with Gasteiger partial charge in [-0.1, -0.05) is 31.2 Å². The highest BCUT2D eigenvalue weighted by atomic mass is 16.5. The third-order valence-corrected chi connectivity index (χ3v) is 3.80. The van der Waals surface area contributed by atoms with Gasteiger partial charge in [-0.05, 0) is 42.6 Å². The fourth-order valence-electron chi connectivity index (χ4n) is 2.83. The second-order valence-electron chi connectivity index (χ2n) is 5.19. The highest BCUT2D eigenvalue weighted by molar-refractivity contribution is 5.33. The van der Waals surface area contributed by atoms with Crippen molar-refractivity contribution in [3.8, 4) is 0 Å². The average molecular weight is 271 g/mol. The molecule has 3 heteroatoms. The van der Waals surface area contributed by atoms with E-state index >= 15 is 0 Å². The fraction of sp³-hybridized carbons (Fsp3) is 0.412. The van der Waals surface area contributed by atoms with Crippen LogP contribution in [0.2, 0.25) is 0 Å². The van der Waals surface area contributed by atoms with Crippen LogP contribution >= 0.6 is 0 Å². The van der Waals surface area contributed by atoms with Crippen LogP contribution in [-0.2, 0) is 11.2 Å². The van der Waals surface area contributed by atoms with Crippen molar-refractivity contribution < 1.29 is 9.15 Å². The van der Waals surface area contributed by atoms with Gasteiger partial charge in [-0.25, -0.2) is 0 Å². The molecule has 2 unspecified atom stereocenters.